The maximum Gasteiger partial charge on any atom is 0.169 e. The smallest absolute Gasteiger partial charge is 0.169 e. The molecule has 0 atom stereocenters. The number of nitrogens with one attached hydrogen (secondary N) is 1. The van der Waals surface area contributed by atoms with Gasteiger partial charge < -0.3 is 9.84 Å². The van der Waals surface area contributed by atoms with E-state index in [9.17, 15) is 0 Å². The van der Waals surface area contributed by atoms with Crippen molar-refractivity contribution in [3.8, 4) is 11.5 Å². The number of hydrogen-bond acceptors (Lipinski definition) is 5. The van der Waals surface area contributed by atoms with Crippen molar-refractivity contribution in [2.24, 2.45) is 5.84 Å². The van der Waals surface area contributed by atoms with Gasteiger partial charge in [0.05, 0.1) is 0 Å². The molecule has 14 heavy (non-hydrogen) atoms. The van der Waals surface area contributed by atoms with Crippen molar-refractivity contribution in [3.05, 3.63) is 28.9 Å². The van der Waals surface area contributed by atoms with Gasteiger partial charge in [-0.15, -0.1) is 10.2 Å². The molecule has 72 valence electrons. The van der Waals surface area contributed by atoms with Crippen molar-refractivity contribution in [2.45, 2.75) is 0 Å². The molecule has 0 amide bonds. The van der Waals surface area contributed by atoms with Crippen LogP contribution < -0.4 is 11.3 Å². The van der Waals surface area contributed by atoms with Gasteiger partial charge in [-0.3, -0.25) is 0 Å². The summed E-state index contributed by atoms with van der Waals surface area (Å²) in [6.45, 7) is 0. The Morgan fingerprint density at radius 2 is 2.07 bits per heavy atom. The van der Waals surface area contributed by atoms with Gasteiger partial charge in [0, 0.05) is 0 Å². The molecule has 0 radical (unpaired) electrons. The minimum atomic E-state index is 0.513. The molecule has 0 saturated heterocycles. The van der Waals surface area contributed by atoms with E-state index < -0.39 is 0 Å². The lowest BCUT2D eigenvalue weighted by molar-refractivity contribution is 0.553. The second-order valence-corrected chi connectivity index (χ2v) is 3.33. The highest BCUT2D eigenvalue weighted by Crippen LogP contribution is 2.22. The number of anilines is 1. The van der Waals surface area contributed by atoms with Crippen LogP contribution in [0, 0.1) is 0 Å². The van der Waals surface area contributed by atoms with Gasteiger partial charge in [-0.2, -0.15) is 0 Å². The van der Waals surface area contributed by atoms with Crippen molar-refractivity contribution in [2.75, 3.05) is 5.43 Å². The average Bonchev–Trinajstić information content (AvgIpc) is 2.65. The number of furan rings is 1. The molecule has 2 aromatic heterocycles. The van der Waals surface area contributed by atoms with E-state index in [1.807, 2.05) is 6.07 Å². The number of aromatic nitrogens is 2. The summed E-state index contributed by atoms with van der Waals surface area (Å²) in [5.41, 5.74) is 3.06. The van der Waals surface area contributed by atoms with Crippen LogP contribution in [-0.4, -0.2) is 10.2 Å². The van der Waals surface area contributed by atoms with Crippen LogP contribution in [0.15, 0.2) is 33.4 Å². The number of hydrogen-bond donors (Lipinski definition) is 2. The van der Waals surface area contributed by atoms with E-state index in [4.69, 9.17) is 10.3 Å². The molecule has 0 aliphatic rings. The van der Waals surface area contributed by atoms with E-state index in [-0.39, 0.29) is 0 Å². The Hall–Kier alpha value is -1.40. The molecular formula is C8H7BrN4O. The van der Waals surface area contributed by atoms with E-state index in [1.54, 1.807) is 18.2 Å². The van der Waals surface area contributed by atoms with Crippen LogP contribution in [-0.2, 0) is 0 Å². The Balaban J connectivity index is 2.33. The van der Waals surface area contributed by atoms with Crippen LogP contribution in [0.3, 0.4) is 0 Å². The molecule has 5 nitrogen and oxygen atoms in total. The van der Waals surface area contributed by atoms with E-state index in [2.05, 4.69) is 31.6 Å². The van der Waals surface area contributed by atoms with Crippen LogP contribution >= 0.6 is 15.9 Å². The first-order chi connectivity index (χ1) is 6.79. The first-order valence-electron chi connectivity index (χ1n) is 3.85. The van der Waals surface area contributed by atoms with Crippen LogP contribution in [0.1, 0.15) is 0 Å². The minimum Gasteiger partial charge on any atom is -0.448 e. The largest absolute Gasteiger partial charge is 0.448 e. The van der Waals surface area contributed by atoms with E-state index in [1.165, 1.54) is 0 Å². The van der Waals surface area contributed by atoms with E-state index in [0.29, 0.717) is 21.9 Å². The molecule has 0 aromatic carbocycles. The van der Waals surface area contributed by atoms with E-state index in [0.717, 1.165) is 0 Å². The Labute approximate surface area is 88.4 Å². The quantitative estimate of drug-likeness (QED) is 0.631. The monoisotopic (exact) mass is 254 g/mol. The first kappa shape index (κ1) is 9.17. The highest BCUT2D eigenvalue weighted by atomic mass is 79.9. The van der Waals surface area contributed by atoms with Crippen molar-refractivity contribution in [1.82, 2.24) is 10.2 Å². The Morgan fingerprint density at radius 1 is 1.21 bits per heavy atom. The maximum absolute atomic E-state index is 5.31. The standard InChI is InChI=1S/C8H7BrN4O/c9-7-3-2-6(14-7)5-1-4-8(11-10)13-12-5/h1-4H,10H2,(H,11,13). The Morgan fingerprint density at radius 3 is 2.57 bits per heavy atom. The lowest BCUT2D eigenvalue weighted by Gasteiger charge is -1.97. The molecule has 0 saturated carbocycles. The minimum absolute atomic E-state index is 0.513. The van der Waals surface area contributed by atoms with Gasteiger partial charge >= 0.3 is 0 Å². The lowest BCUT2D eigenvalue weighted by atomic mass is 10.3. The van der Waals surface area contributed by atoms with Gasteiger partial charge in [0.2, 0.25) is 0 Å². The van der Waals surface area contributed by atoms with Gasteiger partial charge in [-0.25, -0.2) is 5.84 Å². The number of rotatable bonds is 2. The highest BCUT2D eigenvalue weighted by Gasteiger charge is 2.04. The third-order valence-corrected chi connectivity index (χ3v) is 2.06. The summed E-state index contributed by atoms with van der Waals surface area (Å²) in [5, 5.41) is 7.75. The Kier molecular flexibility index (Phi) is 2.47. The molecular weight excluding hydrogens is 248 g/mol. The zero-order chi connectivity index (χ0) is 9.97. The SMILES string of the molecule is NNc1ccc(-c2ccc(Br)o2)nn1. The highest BCUT2D eigenvalue weighted by molar-refractivity contribution is 9.10. The molecule has 2 aromatic rings. The van der Waals surface area contributed by atoms with Crippen LogP contribution in [0.25, 0.3) is 11.5 Å². The number of halogens is 1. The summed E-state index contributed by atoms with van der Waals surface area (Å²) < 4.78 is 5.97. The van der Waals surface area contributed by atoms with Crippen molar-refractivity contribution in [3.63, 3.8) is 0 Å². The summed E-state index contributed by atoms with van der Waals surface area (Å²) >= 11 is 3.21. The number of nitrogens with zero attached hydrogens (tertiary/aromatic N) is 2. The Bertz CT molecular complexity index is 425. The van der Waals surface area contributed by atoms with Crippen LogP contribution in [0.5, 0.6) is 0 Å². The first-order valence-corrected chi connectivity index (χ1v) is 4.65. The van der Waals surface area contributed by atoms with Gasteiger partial charge in [0.1, 0.15) is 5.69 Å². The summed E-state index contributed by atoms with van der Waals surface area (Å²) in [6.07, 6.45) is 0. The molecule has 2 rings (SSSR count). The molecule has 0 fully saturated rings. The second-order valence-electron chi connectivity index (χ2n) is 2.55. The van der Waals surface area contributed by atoms with Gasteiger partial charge in [0.25, 0.3) is 0 Å². The summed E-state index contributed by atoms with van der Waals surface area (Å²) in [5.74, 6) is 6.33. The molecule has 3 N–H and O–H groups in total. The molecule has 0 spiro atoms. The van der Waals surface area contributed by atoms with E-state index >= 15 is 0 Å². The van der Waals surface area contributed by atoms with Gasteiger partial charge in [0.15, 0.2) is 16.2 Å². The zero-order valence-electron chi connectivity index (χ0n) is 7.07. The fourth-order valence-electron chi connectivity index (χ4n) is 0.993. The predicted molar refractivity (Wildman–Crippen MR) is 55.2 cm³/mol. The third kappa shape index (κ3) is 1.75. The van der Waals surface area contributed by atoms with Gasteiger partial charge in [-0.05, 0) is 40.2 Å². The van der Waals surface area contributed by atoms with Crippen molar-refractivity contribution >= 4 is 21.7 Å². The molecule has 0 aliphatic carbocycles. The molecule has 0 bridgehead atoms. The molecule has 0 aliphatic heterocycles. The zero-order valence-corrected chi connectivity index (χ0v) is 8.65. The van der Waals surface area contributed by atoms with Crippen LogP contribution in [0.2, 0.25) is 0 Å². The molecule has 0 unspecified atom stereocenters. The predicted octanol–water partition coefficient (Wildman–Crippen LogP) is 1.78. The third-order valence-electron chi connectivity index (χ3n) is 1.64. The lowest BCUT2D eigenvalue weighted by Crippen LogP contribution is -2.08. The van der Waals surface area contributed by atoms with Crippen LogP contribution in [0.4, 0.5) is 5.82 Å². The van der Waals surface area contributed by atoms with Crippen molar-refractivity contribution < 1.29 is 4.42 Å². The summed E-state index contributed by atoms with van der Waals surface area (Å²) in [6, 6.07) is 7.10. The maximum atomic E-state index is 5.31. The number of nitrogen functional groups attached to an aromatic ring is 1. The summed E-state index contributed by atoms with van der Waals surface area (Å²) in [7, 11) is 0. The molecule has 6 heteroatoms. The molecule has 2 heterocycles. The second kappa shape index (κ2) is 3.77. The fourth-order valence-corrected chi connectivity index (χ4v) is 1.30. The number of nitrogens with two attached hydrogens (primary N) is 1. The number of hydrazine groups is 1. The average molecular weight is 255 g/mol. The van der Waals surface area contributed by atoms with Gasteiger partial charge in [-0.1, -0.05) is 0 Å². The fraction of sp³-hybridized carbons (Fsp3) is 0. The summed E-state index contributed by atoms with van der Waals surface area (Å²) in [4.78, 5) is 0. The normalized spacial score (nSPS) is 10.1. The van der Waals surface area contributed by atoms with Crippen molar-refractivity contribution in [1.29, 1.82) is 0 Å². The topological polar surface area (TPSA) is 77.0 Å².